The number of nitrogens with one attached hydrogen (secondary N) is 1. The smallest absolute Gasteiger partial charge is 0.310 e. The third-order valence-electron chi connectivity index (χ3n) is 6.66. The Labute approximate surface area is 139 Å². The highest BCUT2D eigenvalue weighted by Gasteiger charge is 2.54. The van der Waals surface area contributed by atoms with Crippen molar-refractivity contribution in [2.75, 3.05) is 13.2 Å². The van der Waals surface area contributed by atoms with Crippen molar-refractivity contribution in [1.29, 1.82) is 0 Å². The van der Waals surface area contributed by atoms with Gasteiger partial charge in [0.25, 0.3) is 0 Å². The fraction of sp³-hybridized carbons (Fsp3) is 0.842. The Balaban J connectivity index is 1.71. The van der Waals surface area contributed by atoms with Gasteiger partial charge in [-0.15, -0.1) is 0 Å². The Morgan fingerprint density at radius 3 is 3.00 bits per heavy atom. The van der Waals surface area contributed by atoms with E-state index in [2.05, 4.69) is 18.8 Å². The molecule has 3 fully saturated rings. The van der Waals surface area contributed by atoms with E-state index in [-0.39, 0.29) is 36.1 Å². The van der Waals surface area contributed by atoms with Crippen molar-refractivity contribution in [3.05, 3.63) is 12.2 Å². The molecular formula is C19H31NO3. The second kappa shape index (κ2) is 6.56. The van der Waals surface area contributed by atoms with Crippen LogP contribution in [0, 0.1) is 23.2 Å². The Kier molecular flexibility index (Phi) is 4.84. The molecule has 2 N–H and O–H groups in total. The zero-order chi connectivity index (χ0) is 16.6. The van der Waals surface area contributed by atoms with Gasteiger partial charge in [0.15, 0.2) is 0 Å². The molecule has 0 aromatic carbocycles. The standard InChI is InChI=1S/C19H31NO3/c1-4-13(11-21)20-10-15-14-8-16-12(2)6-5-7-19(16,3)9-17(14)23-18(15)22/h13-17,20-21H,2,4-11H2,1,3H3/t13-,14+,15+,16+,17+,19+/m0/s1. The monoisotopic (exact) mass is 321 g/mol. The summed E-state index contributed by atoms with van der Waals surface area (Å²) in [5.74, 6) is 0.724. The Morgan fingerprint density at radius 2 is 2.30 bits per heavy atom. The van der Waals surface area contributed by atoms with Crippen molar-refractivity contribution in [3.8, 4) is 0 Å². The molecule has 0 aromatic rings. The summed E-state index contributed by atoms with van der Waals surface area (Å²) in [7, 11) is 0. The second-order valence-electron chi connectivity index (χ2n) is 8.10. The lowest BCUT2D eigenvalue weighted by Crippen LogP contribution is -2.46. The van der Waals surface area contributed by atoms with Gasteiger partial charge in [-0.3, -0.25) is 4.79 Å². The van der Waals surface area contributed by atoms with E-state index in [0.29, 0.717) is 18.4 Å². The highest BCUT2D eigenvalue weighted by molar-refractivity contribution is 5.75. The number of hydrogen-bond acceptors (Lipinski definition) is 4. The predicted molar refractivity (Wildman–Crippen MR) is 89.8 cm³/mol. The number of carbonyl (C=O) groups excluding carboxylic acids is 1. The Hall–Kier alpha value is -0.870. The van der Waals surface area contributed by atoms with E-state index in [1.807, 2.05) is 6.92 Å². The quantitative estimate of drug-likeness (QED) is 0.604. The van der Waals surface area contributed by atoms with E-state index in [0.717, 1.165) is 25.7 Å². The fourth-order valence-electron chi connectivity index (χ4n) is 5.12. The summed E-state index contributed by atoms with van der Waals surface area (Å²) >= 11 is 0. The van der Waals surface area contributed by atoms with Gasteiger partial charge in [-0.25, -0.2) is 0 Å². The predicted octanol–water partition coefficient (Wildman–Crippen LogP) is 2.66. The molecule has 0 spiro atoms. The largest absolute Gasteiger partial charge is 0.462 e. The van der Waals surface area contributed by atoms with Gasteiger partial charge in [0, 0.05) is 18.5 Å². The number of allylic oxidation sites excluding steroid dienone is 1. The van der Waals surface area contributed by atoms with E-state index < -0.39 is 0 Å². The zero-order valence-corrected chi connectivity index (χ0v) is 14.5. The number of hydrogen-bond donors (Lipinski definition) is 2. The number of aliphatic hydroxyl groups is 1. The maximum Gasteiger partial charge on any atom is 0.310 e. The molecule has 130 valence electrons. The lowest BCUT2D eigenvalue weighted by atomic mass is 9.55. The molecule has 2 saturated carbocycles. The molecule has 23 heavy (non-hydrogen) atoms. The number of fused-ring (bicyclic) bond motifs is 2. The van der Waals surface area contributed by atoms with Crippen LogP contribution >= 0.6 is 0 Å². The van der Waals surface area contributed by atoms with Gasteiger partial charge in [0.05, 0.1) is 12.5 Å². The first kappa shape index (κ1) is 17.0. The lowest BCUT2D eigenvalue weighted by Gasteiger charge is -2.50. The van der Waals surface area contributed by atoms with E-state index in [9.17, 15) is 9.90 Å². The van der Waals surface area contributed by atoms with Crippen LogP contribution < -0.4 is 5.32 Å². The van der Waals surface area contributed by atoms with Crippen LogP contribution in [0.2, 0.25) is 0 Å². The van der Waals surface area contributed by atoms with Gasteiger partial charge in [-0.1, -0.05) is 26.0 Å². The van der Waals surface area contributed by atoms with Crippen molar-refractivity contribution < 1.29 is 14.6 Å². The molecule has 4 heteroatoms. The number of carbonyl (C=O) groups is 1. The normalized spacial score (nSPS) is 41.2. The number of rotatable bonds is 5. The first-order chi connectivity index (χ1) is 11.0. The first-order valence-electron chi connectivity index (χ1n) is 9.21. The Bertz CT molecular complexity index is 473. The third kappa shape index (κ3) is 3.08. The maximum atomic E-state index is 12.4. The van der Waals surface area contributed by atoms with E-state index in [1.54, 1.807) is 0 Å². The fourth-order valence-corrected chi connectivity index (χ4v) is 5.12. The summed E-state index contributed by atoms with van der Waals surface area (Å²) in [6, 6.07) is 0.0698. The van der Waals surface area contributed by atoms with Crippen LogP contribution in [0.15, 0.2) is 12.2 Å². The molecule has 6 atom stereocenters. The van der Waals surface area contributed by atoms with Crippen LogP contribution in [-0.2, 0) is 9.53 Å². The summed E-state index contributed by atoms with van der Waals surface area (Å²) in [4.78, 5) is 12.4. The average Bonchev–Trinajstić information content (AvgIpc) is 2.81. The molecule has 1 aliphatic heterocycles. The molecule has 1 saturated heterocycles. The van der Waals surface area contributed by atoms with Gasteiger partial charge in [0.2, 0.25) is 0 Å². The molecule has 0 bridgehead atoms. The van der Waals surface area contributed by atoms with Crippen LogP contribution in [0.4, 0.5) is 0 Å². The molecule has 3 aliphatic rings. The molecule has 3 rings (SSSR count). The minimum atomic E-state index is -0.0696. The average molecular weight is 321 g/mol. The highest BCUT2D eigenvalue weighted by Crippen LogP contribution is 2.56. The van der Waals surface area contributed by atoms with Gasteiger partial charge < -0.3 is 15.2 Å². The van der Waals surface area contributed by atoms with E-state index in [4.69, 9.17) is 4.74 Å². The van der Waals surface area contributed by atoms with E-state index >= 15 is 0 Å². The molecule has 0 amide bonds. The second-order valence-corrected chi connectivity index (χ2v) is 8.10. The van der Waals surface area contributed by atoms with Crippen LogP contribution in [-0.4, -0.2) is 36.4 Å². The first-order valence-corrected chi connectivity index (χ1v) is 9.21. The van der Waals surface area contributed by atoms with Crippen molar-refractivity contribution >= 4 is 5.97 Å². The minimum absolute atomic E-state index is 0.0480. The highest BCUT2D eigenvalue weighted by atomic mass is 16.6. The third-order valence-corrected chi connectivity index (χ3v) is 6.66. The summed E-state index contributed by atoms with van der Waals surface area (Å²) in [5.41, 5.74) is 1.64. The minimum Gasteiger partial charge on any atom is -0.462 e. The topological polar surface area (TPSA) is 58.6 Å². The molecule has 0 aromatic heterocycles. The van der Waals surface area contributed by atoms with Crippen LogP contribution in [0.3, 0.4) is 0 Å². The van der Waals surface area contributed by atoms with Crippen molar-refractivity contribution in [2.24, 2.45) is 23.2 Å². The van der Waals surface area contributed by atoms with Gasteiger partial charge in [0.1, 0.15) is 6.10 Å². The molecular weight excluding hydrogens is 290 g/mol. The van der Waals surface area contributed by atoms with Crippen LogP contribution in [0.1, 0.15) is 52.4 Å². The number of ether oxygens (including phenoxy) is 1. The van der Waals surface area contributed by atoms with Crippen LogP contribution in [0.25, 0.3) is 0 Å². The molecule has 0 radical (unpaired) electrons. The molecule has 4 nitrogen and oxygen atoms in total. The summed E-state index contributed by atoms with van der Waals surface area (Å²) < 4.78 is 5.76. The van der Waals surface area contributed by atoms with Gasteiger partial charge in [-0.05, 0) is 49.9 Å². The SMILES string of the molecule is C=C1CCC[C@]2(C)C[C@H]3OC(=O)[C@H](CN[C@@H](CC)CO)[C@H]3C[C@H]12. The van der Waals surface area contributed by atoms with Gasteiger partial charge in [-0.2, -0.15) is 0 Å². The number of esters is 1. The summed E-state index contributed by atoms with van der Waals surface area (Å²) in [6.07, 6.45) is 6.55. The summed E-state index contributed by atoms with van der Waals surface area (Å²) in [5, 5.41) is 12.7. The maximum absolute atomic E-state index is 12.4. The number of aliphatic hydroxyl groups excluding tert-OH is 1. The zero-order valence-electron chi connectivity index (χ0n) is 14.5. The summed E-state index contributed by atoms with van der Waals surface area (Å²) in [6.45, 7) is 9.46. The van der Waals surface area contributed by atoms with Crippen molar-refractivity contribution in [1.82, 2.24) is 5.32 Å². The molecule has 0 unspecified atom stereocenters. The van der Waals surface area contributed by atoms with Gasteiger partial charge >= 0.3 is 5.97 Å². The van der Waals surface area contributed by atoms with Crippen LogP contribution in [0.5, 0.6) is 0 Å². The molecule has 1 heterocycles. The van der Waals surface area contributed by atoms with Crippen molar-refractivity contribution in [3.63, 3.8) is 0 Å². The van der Waals surface area contributed by atoms with E-state index in [1.165, 1.54) is 18.4 Å². The van der Waals surface area contributed by atoms with Crippen molar-refractivity contribution in [2.45, 2.75) is 64.5 Å². The Morgan fingerprint density at radius 1 is 1.52 bits per heavy atom. The molecule has 2 aliphatic carbocycles. The lowest BCUT2D eigenvalue weighted by molar-refractivity contribution is -0.146.